The molecule has 0 unspecified atom stereocenters. The molecule has 0 spiro atoms. The molecule has 1 saturated heterocycles. The van der Waals surface area contributed by atoms with Crippen LogP contribution in [0.2, 0.25) is 0 Å². The number of rotatable bonds is 3. The Balaban J connectivity index is 1.74. The Bertz CT molecular complexity index is 657. The van der Waals surface area contributed by atoms with Gasteiger partial charge < -0.3 is 15.0 Å². The van der Waals surface area contributed by atoms with E-state index >= 15 is 0 Å². The molecule has 0 radical (unpaired) electrons. The van der Waals surface area contributed by atoms with Gasteiger partial charge in [0.25, 0.3) is 5.91 Å². The molecule has 0 atom stereocenters. The van der Waals surface area contributed by atoms with Gasteiger partial charge >= 0.3 is 0 Å². The van der Waals surface area contributed by atoms with Gasteiger partial charge in [0.2, 0.25) is 0 Å². The van der Waals surface area contributed by atoms with Crippen molar-refractivity contribution in [3.05, 3.63) is 46.8 Å². The minimum absolute atomic E-state index is 0.0930. The molecule has 1 amide bonds. The number of hydrogen-bond donors (Lipinski definition) is 1. The standard InChI is InChI=1S/C15H15BrN4O2/c16-11-1-3-12(4-2-11)19-14-9-13(17-10-18-14)15(21)20-5-7-22-8-6-20/h1-4,9-10H,5-8H2,(H,17,18,19). The number of benzene rings is 1. The summed E-state index contributed by atoms with van der Waals surface area (Å²) >= 11 is 3.39. The van der Waals surface area contributed by atoms with Gasteiger partial charge in [-0.2, -0.15) is 0 Å². The molecular weight excluding hydrogens is 348 g/mol. The molecule has 1 aliphatic rings. The molecule has 1 N–H and O–H groups in total. The van der Waals surface area contributed by atoms with Crippen LogP contribution in [0.1, 0.15) is 10.5 Å². The molecule has 6 nitrogen and oxygen atoms in total. The molecule has 7 heteroatoms. The lowest BCUT2D eigenvalue weighted by Gasteiger charge is -2.26. The van der Waals surface area contributed by atoms with E-state index in [0.29, 0.717) is 37.8 Å². The lowest BCUT2D eigenvalue weighted by molar-refractivity contribution is 0.0299. The zero-order valence-electron chi connectivity index (χ0n) is 11.8. The van der Waals surface area contributed by atoms with E-state index in [9.17, 15) is 4.79 Å². The number of amides is 1. The molecule has 1 aromatic carbocycles. The predicted octanol–water partition coefficient (Wildman–Crippen LogP) is 2.46. The Morgan fingerprint density at radius 3 is 2.64 bits per heavy atom. The van der Waals surface area contributed by atoms with Crippen LogP contribution in [-0.2, 0) is 4.74 Å². The maximum absolute atomic E-state index is 12.4. The van der Waals surface area contributed by atoms with Crippen LogP contribution in [-0.4, -0.2) is 47.1 Å². The van der Waals surface area contributed by atoms with E-state index < -0.39 is 0 Å². The van der Waals surface area contributed by atoms with Crippen LogP contribution >= 0.6 is 15.9 Å². The first-order chi connectivity index (χ1) is 10.7. The second-order valence-corrected chi connectivity index (χ2v) is 5.74. The summed E-state index contributed by atoms with van der Waals surface area (Å²) in [6.45, 7) is 2.33. The first-order valence-electron chi connectivity index (χ1n) is 6.94. The third kappa shape index (κ3) is 3.61. The normalized spacial score (nSPS) is 14.7. The third-order valence-electron chi connectivity index (χ3n) is 3.30. The Hall–Kier alpha value is -1.99. The van der Waals surface area contributed by atoms with Crippen LogP contribution in [0, 0.1) is 0 Å². The fourth-order valence-electron chi connectivity index (χ4n) is 2.15. The SMILES string of the molecule is O=C(c1cc(Nc2ccc(Br)cc2)ncn1)N1CCOCC1. The number of morpholine rings is 1. The van der Waals surface area contributed by atoms with Crippen LogP contribution in [0.25, 0.3) is 0 Å². The summed E-state index contributed by atoms with van der Waals surface area (Å²) in [5.41, 5.74) is 1.28. The summed E-state index contributed by atoms with van der Waals surface area (Å²) < 4.78 is 6.26. The van der Waals surface area contributed by atoms with E-state index in [1.807, 2.05) is 24.3 Å². The van der Waals surface area contributed by atoms with Crippen LogP contribution in [0.5, 0.6) is 0 Å². The summed E-state index contributed by atoms with van der Waals surface area (Å²) in [5.74, 6) is 0.499. The van der Waals surface area contributed by atoms with Gasteiger partial charge in [0.15, 0.2) is 0 Å². The first kappa shape index (κ1) is 14.9. The molecule has 1 fully saturated rings. The van der Waals surface area contributed by atoms with Gasteiger partial charge in [-0.1, -0.05) is 15.9 Å². The van der Waals surface area contributed by atoms with E-state index in [1.54, 1.807) is 11.0 Å². The molecule has 2 heterocycles. The van der Waals surface area contributed by atoms with Crippen LogP contribution in [0.3, 0.4) is 0 Å². The van der Waals surface area contributed by atoms with Gasteiger partial charge in [-0.3, -0.25) is 4.79 Å². The Kier molecular flexibility index (Phi) is 4.65. The highest BCUT2D eigenvalue weighted by Gasteiger charge is 2.20. The van der Waals surface area contributed by atoms with Crippen molar-refractivity contribution in [2.75, 3.05) is 31.6 Å². The Morgan fingerprint density at radius 2 is 1.91 bits per heavy atom. The van der Waals surface area contributed by atoms with E-state index in [0.717, 1.165) is 10.2 Å². The number of aromatic nitrogens is 2. The molecule has 0 bridgehead atoms. The highest BCUT2D eigenvalue weighted by Crippen LogP contribution is 2.18. The summed E-state index contributed by atoms with van der Waals surface area (Å²) in [4.78, 5) is 22.4. The van der Waals surface area contributed by atoms with Crippen molar-refractivity contribution < 1.29 is 9.53 Å². The van der Waals surface area contributed by atoms with Crippen molar-refractivity contribution in [2.24, 2.45) is 0 Å². The zero-order valence-corrected chi connectivity index (χ0v) is 13.4. The van der Waals surface area contributed by atoms with E-state index in [1.165, 1.54) is 6.33 Å². The molecule has 114 valence electrons. The van der Waals surface area contributed by atoms with Crippen molar-refractivity contribution in [3.63, 3.8) is 0 Å². The van der Waals surface area contributed by atoms with Gasteiger partial charge in [0.05, 0.1) is 13.2 Å². The van der Waals surface area contributed by atoms with Crippen molar-refractivity contribution in [1.29, 1.82) is 0 Å². The lowest BCUT2D eigenvalue weighted by atomic mass is 10.3. The van der Waals surface area contributed by atoms with Crippen LogP contribution in [0.15, 0.2) is 41.1 Å². The van der Waals surface area contributed by atoms with E-state index in [-0.39, 0.29) is 5.91 Å². The van der Waals surface area contributed by atoms with Crippen molar-refractivity contribution >= 4 is 33.3 Å². The third-order valence-corrected chi connectivity index (χ3v) is 3.83. The molecule has 1 aromatic heterocycles. The minimum Gasteiger partial charge on any atom is -0.378 e. The Morgan fingerprint density at radius 1 is 1.18 bits per heavy atom. The topological polar surface area (TPSA) is 67.4 Å². The zero-order chi connectivity index (χ0) is 15.4. The minimum atomic E-state index is -0.0930. The van der Waals surface area contributed by atoms with Crippen molar-refractivity contribution in [3.8, 4) is 0 Å². The highest BCUT2D eigenvalue weighted by molar-refractivity contribution is 9.10. The number of nitrogens with zero attached hydrogens (tertiary/aromatic N) is 3. The second kappa shape index (κ2) is 6.85. The highest BCUT2D eigenvalue weighted by atomic mass is 79.9. The number of nitrogens with one attached hydrogen (secondary N) is 1. The predicted molar refractivity (Wildman–Crippen MR) is 86.2 cm³/mol. The maximum atomic E-state index is 12.4. The van der Waals surface area contributed by atoms with Crippen molar-refractivity contribution in [1.82, 2.24) is 14.9 Å². The maximum Gasteiger partial charge on any atom is 0.272 e. The quantitative estimate of drug-likeness (QED) is 0.908. The number of carbonyl (C=O) groups is 1. The van der Waals surface area contributed by atoms with Gasteiger partial charge in [0, 0.05) is 29.3 Å². The monoisotopic (exact) mass is 362 g/mol. The fraction of sp³-hybridized carbons (Fsp3) is 0.267. The smallest absolute Gasteiger partial charge is 0.272 e. The van der Waals surface area contributed by atoms with E-state index in [4.69, 9.17) is 4.74 Å². The average Bonchev–Trinajstić information content (AvgIpc) is 2.57. The molecule has 22 heavy (non-hydrogen) atoms. The molecule has 0 saturated carbocycles. The molecule has 2 aromatic rings. The lowest BCUT2D eigenvalue weighted by Crippen LogP contribution is -2.41. The van der Waals surface area contributed by atoms with Gasteiger partial charge in [-0.15, -0.1) is 0 Å². The van der Waals surface area contributed by atoms with Crippen LogP contribution in [0.4, 0.5) is 11.5 Å². The molecule has 0 aliphatic carbocycles. The largest absolute Gasteiger partial charge is 0.378 e. The van der Waals surface area contributed by atoms with Gasteiger partial charge in [-0.05, 0) is 24.3 Å². The number of carbonyl (C=O) groups excluding carboxylic acids is 1. The van der Waals surface area contributed by atoms with Crippen molar-refractivity contribution in [2.45, 2.75) is 0 Å². The second-order valence-electron chi connectivity index (χ2n) is 4.82. The molecular formula is C15H15BrN4O2. The fourth-order valence-corrected chi connectivity index (χ4v) is 2.42. The summed E-state index contributed by atoms with van der Waals surface area (Å²) in [6, 6.07) is 9.39. The summed E-state index contributed by atoms with van der Waals surface area (Å²) in [6.07, 6.45) is 1.40. The first-order valence-corrected chi connectivity index (χ1v) is 7.73. The number of anilines is 2. The van der Waals surface area contributed by atoms with Gasteiger partial charge in [0.1, 0.15) is 17.8 Å². The molecule has 3 rings (SSSR count). The molecule has 1 aliphatic heterocycles. The number of hydrogen-bond acceptors (Lipinski definition) is 5. The summed E-state index contributed by atoms with van der Waals surface area (Å²) in [7, 11) is 0. The number of ether oxygens (including phenoxy) is 1. The summed E-state index contributed by atoms with van der Waals surface area (Å²) in [5, 5.41) is 3.16. The average molecular weight is 363 g/mol. The number of halogens is 1. The van der Waals surface area contributed by atoms with E-state index in [2.05, 4.69) is 31.2 Å². The van der Waals surface area contributed by atoms with Crippen LogP contribution < -0.4 is 5.32 Å². The Labute approximate surface area is 136 Å². The van der Waals surface area contributed by atoms with Gasteiger partial charge in [-0.25, -0.2) is 9.97 Å².